The number of nitrogens with one attached hydrogen (secondary N) is 2. The van der Waals surface area contributed by atoms with E-state index < -0.39 is 0 Å². The van der Waals surface area contributed by atoms with E-state index in [1.807, 2.05) is 38.1 Å². The number of guanidine groups is 1. The minimum atomic E-state index is -0.240. The molecule has 23 heavy (non-hydrogen) atoms. The Kier molecular flexibility index (Phi) is 11.2. The van der Waals surface area contributed by atoms with Crippen molar-refractivity contribution < 1.29 is 14.3 Å². The fraction of sp³-hybridized carbons (Fsp3) is 0.500. The Labute approximate surface area is 155 Å². The number of methoxy groups -OCH3 is 2. The first-order valence-electron chi connectivity index (χ1n) is 7.33. The standard InChI is InChI=1S/C16H25N3O3.HI/c1-5-17-16(18-10-12(2)15(20)22-4)19-11-13-7-6-8-14(9-13)21-3;/h6-9,12H,5,10-11H2,1-4H3,(H2,17,18,19);1H. The molecule has 0 aliphatic heterocycles. The van der Waals surface area contributed by atoms with Gasteiger partial charge in [-0.1, -0.05) is 19.1 Å². The van der Waals surface area contributed by atoms with Crippen molar-refractivity contribution in [3.63, 3.8) is 0 Å². The number of benzene rings is 1. The average molecular weight is 435 g/mol. The summed E-state index contributed by atoms with van der Waals surface area (Å²) in [4.78, 5) is 15.9. The van der Waals surface area contributed by atoms with Crippen LogP contribution in [-0.2, 0) is 16.1 Å². The number of hydrogen-bond donors (Lipinski definition) is 2. The van der Waals surface area contributed by atoms with Gasteiger partial charge in [-0.25, -0.2) is 4.99 Å². The number of carbonyl (C=O) groups is 1. The number of rotatable bonds is 7. The van der Waals surface area contributed by atoms with Gasteiger partial charge in [0.25, 0.3) is 0 Å². The molecule has 0 radical (unpaired) electrons. The van der Waals surface area contributed by atoms with Crippen LogP contribution in [0.25, 0.3) is 0 Å². The van der Waals surface area contributed by atoms with Gasteiger partial charge < -0.3 is 20.1 Å². The van der Waals surface area contributed by atoms with E-state index in [9.17, 15) is 4.79 Å². The Morgan fingerprint density at radius 2 is 2.04 bits per heavy atom. The number of nitrogens with zero attached hydrogens (tertiary/aromatic N) is 1. The van der Waals surface area contributed by atoms with Gasteiger partial charge in [0, 0.05) is 13.1 Å². The van der Waals surface area contributed by atoms with Crippen molar-refractivity contribution in [3.05, 3.63) is 29.8 Å². The first-order valence-corrected chi connectivity index (χ1v) is 7.33. The van der Waals surface area contributed by atoms with Crippen molar-refractivity contribution >= 4 is 35.9 Å². The molecule has 6 nitrogen and oxygen atoms in total. The van der Waals surface area contributed by atoms with E-state index in [4.69, 9.17) is 9.47 Å². The van der Waals surface area contributed by atoms with E-state index >= 15 is 0 Å². The van der Waals surface area contributed by atoms with Crippen LogP contribution in [0.5, 0.6) is 5.75 Å². The van der Waals surface area contributed by atoms with Crippen molar-refractivity contribution in [3.8, 4) is 5.75 Å². The van der Waals surface area contributed by atoms with E-state index in [-0.39, 0.29) is 35.9 Å². The van der Waals surface area contributed by atoms with Gasteiger partial charge in [0.1, 0.15) is 5.75 Å². The lowest BCUT2D eigenvalue weighted by Crippen LogP contribution is -2.40. The summed E-state index contributed by atoms with van der Waals surface area (Å²) in [5.41, 5.74) is 1.05. The largest absolute Gasteiger partial charge is 0.497 e. The van der Waals surface area contributed by atoms with Crippen LogP contribution in [0.15, 0.2) is 29.3 Å². The molecule has 130 valence electrons. The molecule has 1 aromatic rings. The third kappa shape index (κ3) is 8.06. The Morgan fingerprint density at radius 1 is 1.30 bits per heavy atom. The minimum absolute atomic E-state index is 0. The highest BCUT2D eigenvalue weighted by molar-refractivity contribution is 14.0. The van der Waals surface area contributed by atoms with Gasteiger partial charge in [0.2, 0.25) is 0 Å². The highest BCUT2D eigenvalue weighted by atomic mass is 127. The molecule has 0 fully saturated rings. The topological polar surface area (TPSA) is 72.0 Å². The Hall–Kier alpha value is -1.51. The zero-order chi connectivity index (χ0) is 16.4. The lowest BCUT2D eigenvalue weighted by atomic mass is 10.2. The average Bonchev–Trinajstić information content (AvgIpc) is 2.56. The fourth-order valence-electron chi connectivity index (χ4n) is 1.82. The molecule has 7 heteroatoms. The van der Waals surface area contributed by atoms with Crippen LogP contribution in [0, 0.1) is 5.92 Å². The maximum atomic E-state index is 11.4. The summed E-state index contributed by atoms with van der Waals surface area (Å²) in [7, 11) is 3.03. The van der Waals surface area contributed by atoms with Crippen molar-refractivity contribution in [1.29, 1.82) is 0 Å². The van der Waals surface area contributed by atoms with Crippen LogP contribution in [0.3, 0.4) is 0 Å². The van der Waals surface area contributed by atoms with Crippen molar-refractivity contribution in [2.24, 2.45) is 10.9 Å². The maximum absolute atomic E-state index is 11.4. The zero-order valence-electron chi connectivity index (χ0n) is 14.1. The molecule has 0 spiro atoms. The third-order valence-corrected chi connectivity index (χ3v) is 3.08. The van der Waals surface area contributed by atoms with Crippen molar-refractivity contribution in [2.45, 2.75) is 20.4 Å². The summed E-state index contributed by atoms with van der Waals surface area (Å²) in [6.45, 7) is 5.54. The number of esters is 1. The highest BCUT2D eigenvalue weighted by Crippen LogP contribution is 2.13. The summed E-state index contributed by atoms with van der Waals surface area (Å²) >= 11 is 0. The van der Waals surface area contributed by atoms with E-state index in [1.165, 1.54) is 7.11 Å². The molecule has 0 bridgehead atoms. The van der Waals surface area contributed by atoms with E-state index in [0.717, 1.165) is 17.9 Å². The number of ether oxygens (including phenoxy) is 2. The van der Waals surface area contributed by atoms with Gasteiger partial charge >= 0.3 is 5.97 Å². The van der Waals surface area contributed by atoms with Crippen LogP contribution in [0.4, 0.5) is 0 Å². The molecule has 1 aromatic carbocycles. The SMILES string of the molecule is CCNC(=NCc1cccc(OC)c1)NCC(C)C(=O)OC.I. The monoisotopic (exact) mass is 435 g/mol. The van der Waals surface area contributed by atoms with Crippen molar-refractivity contribution in [1.82, 2.24) is 10.6 Å². The smallest absolute Gasteiger partial charge is 0.310 e. The maximum Gasteiger partial charge on any atom is 0.310 e. The Balaban J connectivity index is 0.00000484. The molecular formula is C16H26IN3O3. The summed E-state index contributed by atoms with van der Waals surface area (Å²) in [5.74, 6) is 1.01. The molecule has 2 N–H and O–H groups in total. The minimum Gasteiger partial charge on any atom is -0.497 e. The Bertz CT molecular complexity index is 509. The molecule has 0 aliphatic rings. The van der Waals surface area contributed by atoms with Crippen LogP contribution >= 0.6 is 24.0 Å². The summed E-state index contributed by atoms with van der Waals surface area (Å²) in [6, 6.07) is 7.77. The second kappa shape index (κ2) is 12.0. The Morgan fingerprint density at radius 3 is 2.65 bits per heavy atom. The summed E-state index contributed by atoms with van der Waals surface area (Å²) < 4.78 is 9.90. The lowest BCUT2D eigenvalue weighted by molar-refractivity contribution is -0.144. The quantitative estimate of drug-likeness (QED) is 0.297. The zero-order valence-corrected chi connectivity index (χ0v) is 16.4. The van der Waals surface area contributed by atoms with E-state index in [1.54, 1.807) is 7.11 Å². The second-order valence-corrected chi connectivity index (χ2v) is 4.85. The molecule has 0 aromatic heterocycles. The van der Waals surface area contributed by atoms with Crippen LogP contribution in [0.1, 0.15) is 19.4 Å². The normalized spacial score (nSPS) is 11.9. The summed E-state index contributed by atoms with van der Waals surface area (Å²) in [5, 5.41) is 6.29. The number of carbonyl (C=O) groups excluding carboxylic acids is 1. The molecule has 0 aliphatic carbocycles. The second-order valence-electron chi connectivity index (χ2n) is 4.85. The van der Waals surface area contributed by atoms with E-state index in [2.05, 4.69) is 15.6 Å². The van der Waals surface area contributed by atoms with Gasteiger partial charge in [0.15, 0.2) is 5.96 Å². The molecule has 0 heterocycles. The van der Waals surface area contributed by atoms with Crippen LogP contribution in [-0.4, -0.2) is 39.2 Å². The fourth-order valence-corrected chi connectivity index (χ4v) is 1.82. The van der Waals surface area contributed by atoms with Crippen LogP contribution < -0.4 is 15.4 Å². The van der Waals surface area contributed by atoms with E-state index in [0.29, 0.717) is 19.0 Å². The number of halogens is 1. The van der Waals surface area contributed by atoms with Gasteiger partial charge in [-0.2, -0.15) is 0 Å². The summed E-state index contributed by atoms with van der Waals surface area (Å²) in [6.07, 6.45) is 0. The molecule has 1 atom stereocenters. The molecule has 0 amide bonds. The molecule has 1 rings (SSSR count). The number of aliphatic imine (C=N–C) groups is 1. The molecular weight excluding hydrogens is 409 g/mol. The van der Waals surface area contributed by atoms with Crippen molar-refractivity contribution in [2.75, 3.05) is 27.3 Å². The van der Waals surface area contributed by atoms with Gasteiger partial charge in [-0.15, -0.1) is 24.0 Å². The third-order valence-electron chi connectivity index (χ3n) is 3.08. The van der Waals surface area contributed by atoms with Crippen LogP contribution in [0.2, 0.25) is 0 Å². The predicted molar refractivity (Wildman–Crippen MR) is 102 cm³/mol. The molecule has 0 saturated heterocycles. The first kappa shape index (κ1) is 21.5. The van der Waals surface area contributed by atoms with Gasteiger partial charge in [-0.05, 0) is 24.6 Å². The van der Waals surface area contributed by atoms with Gasteiger partial charge in [-0.3, -0.25) is 4.79 Å². The lowest BCUT2D eigenvalue weighted by Gasteiger charge is -2.14. The molecule has 0 saturated carbocycles. The van der Waals surface area contributed by atoms with Gasteiger partial charge in [0.05, 0.1) is 26.7 Å². The predicted octanol–water partition coefficient (Wildman–Crippen LogP) is 2.18. The first-order chi connectivity index (χ1) is 10.6. The molecule has 1 unspecified atom stereocenters. The highest BCUT2D eigenvalue weighted by Gasteiger charge is 2.13. The number of hydrogen-bond acceptors (Lipinski definition) is 4.